The number of aromatic amines is 1. The molecule has 0 aliphatic carbocycles. The molecule has 2 aromatic carbocycles. The van der Waals surface area contributed by atoms with Crippen LogP contribution in [-0.2, 0) is 32.0 Å². The van der Waals surface area contributed by atoms with Gasteiger partial charge in [-0.15, -0.1) is 0 Å². The highest BCUT2D eigenvalue weighted by atomic mass is 32.1. The van der Waals surface area contributed by atoms with E-state index in [0.29, 0.717) is 0 Å². The maximum absolute atomic E-state index is 12.7. The van der Waals surface area contributed by atoms with Gasteiger partial charge in [-0.05, 0) is 30.5 Å². The van der Waals surface area contributed by atoms with Crippen molar-refractivity contribution in [2.75, 3.05) is 5.75 Å². The van der Waals surface area contributed by atoms with E-state index in [4.69, 9.17) is 5.73 Å². The molecule has 1 aromatic heterocycles. The van der Waals surface area contributed by atoms with Gasteiger partial charge >= 0.3 is 5.97 Å². The topological polar surface area (TPSA) is 166 Å². The molecule has 0 aliphatic rings. The van der Waals surface area contributed by atoms with Crippen LogP contribution in [0.5, 0.6) is 0 Å². The molecular weight excluding hydrogens is 494 g/mol. The zero-order valence-electron chi connectivity index (χ0n) is 20.3. The number of nitrogens with one attached hydrogen (secondary N) is 4. The fourth-order valence-corrected chi connectivity index (χ4v) is 4.09. The Morgan fingerprint density at radius 1 is 0.892 bits per heavy atom. The maximum Gasteiger partial charge on any atom is 0.326 e. The van der Waals surface area contributed by atoms with E-state index in [0.717, 1.165) is 22.0 Å². The summed E-state index contributed by atoms with van der Waals surface area (Å²) in [5.74, 6) is -3.12. The maximum atomic E-state index is 12.7. The second-order valence-electron chi connectivity index (χ2n) is 8.73. The van der Waals surface area contributed by atoms with Gasteiger partial charge in [0, 0.05) is 29.3 Å². The van der Waals surface area contributed by atoms with Crippen molar-refractivity contribution in [1.29, 1.82) is 0 Å². The number of carboxylic acid groups (broad SMARTS) is 1. The molecule has 0 saturated heterocycles. The van der Waals surface area contributed by atoms with Crippen LogP contribution in [0.4, 0.5) is 0 Å². The molecule has 11 heteroatoms. The number of para-hydroxylation sites is 1. The monoisotopic (exact) mass is 525 g/mol. The van der Waals surface area contributed by atoms with Crippen LogP contribution in [0.15, 0.2) is 60.8 Å². The zero-order valence-corrected chi connectivity index (χ0v) is 21.2. The molecule has 7 N–H and O–H groups in total. The van der Waals surface area contributed by atoms with Crippen molar-refractivity contribution in [3.63, 3.8) is 0 Å². The van der Waals surface area contributed by atoms with Gasteiger partial charge in [0.15, 0.2) is 0 Å². The van der Waals surface area contributed by atoms with Crippen molar-refractivity contribution in [1.82, 2.24) is 20.9 Å². The Morgan fingerprint density at radius 3 is 2.22 bits per heavy atom. The van der Waals surface area contributed by atoms with Crippen molar-refractivity contribution in [3.05, 3.63) is 71.9 Å². The quantitative estimate of drug-likeness (QED) is 0.173. The molecule has 4 unspecified atom stereocenters. The molecule has 3 rings (SSSR count). The van der Waals surface area contributed by atoms with E-state index in [9.17, 15) is 24.3 Å². The lowest BCUT2D eigenvalue weighted by Crippen LogP contribution is -2.57. The minimum absolute atomic E-state index is 0.0734. The van der Waals surface area contributed by atoms with Gasteiger partial charge in [-0.2, -0.15) is 12.6 Å². The van der Waals surface area contributed by atoms with Crippen LogP contribution in [-0.4, -0.2) is 63.7 Å². The van der Waals surface area contributed by atoms with Gasteiger partial charge in [0.2, 0.25) is 17.7 Å². The number of nitrogens with two attached hydrogens (primary N) is 1. The zero-order chi connectivity index (χ0) is 26.9. The molecule has 0 saturated carbocycles. The summed E-state index contributed by atoms with van der Waals surface area (Å²) in [4.78, 5) is 52.8. The second-order valence-corrected chi connectivity index (χ2v) is 9.10. The highest BCUT2D eigenvalue weighted by Gasteiger charge is 2.28. The summed E-state index contributed by atoms with van der Waals surface area (Å²) in [5.41, 5.74) is 8.63. The van der Waals surface area contributed by atoms with Crippen LogP contribution in [0.1, 0.15) is 18.1 Å². The molecule has 3 aromatic rings. The number of aliphatic carboxylic acids is 1. The van der Waals surface area contributed by atoms with Gasteiger partial charge < -0.3 is 31.8 Å². The number of aromatic nitrogens is 1. The van der Waals surface area contributed by atoms with Crippen LogP contribution in [0.25, 0.3) is 10.9 Å². The number of carboxylic acids is 1. The largest absolute Gasteiger partial charge is 0.480 e. The molecule has 4 atom stereocenters. The summed E-state index contributed by atoms with van der Waals surface area (Å²) in [5, 5.41) is 18.0. The fourth-order valence-electron chi connectivity index (χ4n) is 3.83. The highest BCUT2D eigenvalue weighted by Crippen LogP contribution is 2.18. The highest BCUT2D eigenvalue weighted by molar-refractivity contribution is 7.80. The number of hydrogen-bond donors (Lipinski definition) is 7. The molecule has 0 radical (unpaired) electrons. The molecule has 0 spiro atoms. The third kappa shape index (κ3) is 7.58. The van der Waals surface area contributed by atoms with Crippen LogP contribution >= 0.6 is 12.6 Å². The minimum Gasteiger partial charge on any atom is -0.480 e. The molecule has 0 fully saturated rings. The first kappa shape index (κ1) is 27.8. The average molecular weight is 526 g/mol. The minimum atomic E-state index is -1.20. The number of thiol groups is 1. The van der Waals surface area contributed by atoms with Gasteiger partial charge in [0.05, 0.1) is 6.04 Å². The molecule has 37 heavy (non-hydrogen) atoms. The van der Waals surface area contributed by atoms with E-state index in [1.807, 2.05) is 24.3 Å². The first-order chi connectivity index (χ1) is 17.7. The van der Waals surface area contributed by atoms with Crippen LogP contribution in [0.3, 0.4) is 0 Å². The Labute approximate surface area is 219 Å². The number of fused-ring (bicyclic) bond motifs is 1. The predicted molar refractivity (Wildman–Crippen MR) is 143 cm³/mol. The van der Waals surface area contributed by atoms with E-state index in [-0.39, 0.29) is 18.6 Å². The molecule has 10 nitrogen and oxygen atoms in total. The summed E-state index contributed by atoms with van der Waals surface area (Å²) < 4.78 is 0. The number of amides is 3. The fraction of sp³-hybridized carbons (Fsp3) is 0.308. The van der Waals surface area contributed by atoms with Gasteiger partial charge in [0.1, 0.15) is 18.1 Å². The van der Waals surface area contributed by atoms with Crippen LogP contribution in [0.2, 0.25) is 0 Å². The summed E-state index contributed by atoms with van der Waals surface area (Å²) >= 11 is 4.12. The Morgan fingerprint density at radius 2 is 1.54 bits per heavy atom. The summed E-state index contributed by atoms with van der Waals surface area (Å²) in [6, 6.07) is 12.3. The van der Waals surface area contributed by atoms with Crippen LogP contribution in [0, 0.1) is 0 Å². The molecule has 0 bridgehead atoms. The van der Waals surface area contributed by atoms with E-state index in [1.54, 1.807) is 36.5 Å². The Bertz CT molecular complexity index is 1250. The molecule has 3 amide bonds. The summed E-state index contributed by atoms with van der Waals surface area (Å²) in [7, 11) is 0. The average Bonchev–Trinajstić information content (AvgIpc) is 3.29. The number of carbonyl (C=O) groups excluding carboxylic acids is 3. The van der Waals surface area contributed by atoms with E-state index >= 15 is 0 Å². The van der Waals surface area contributed by atoms with Crippen molar-refractivity contribution in [2.24, 2.45) is 5.73 Å². The SMILES string of the molecule is CC(NC(=O)C(N)Cc1c[nH]c2ccccc12)C(=O)NC(CS)C(=O)NC(Cc1ccccc1)C(=O)O. The first-order valence-electron chi connectivity index (χ1n) is 11.8. The van der Waals surface area contributed by atoms with Gasteiger partial charge in [-0.3, -0.25) is 14.4 Å². The Hall–Kier alpha value is -3.83. The lowest BCUT2D eigenvalue weighted by molar-refractivity contribution is -0.142. The van der Waals surface area contributed by atoms with Crippen molar-refractivity contribution >= 4 is 47.2 Å². The molecule has 196 valence electrons. The standard InChI is InChI=1S/C26H31N5O5S/c1-15(29-24(33)19(27)12-17-13-28-20-10-6-5-9-18(17)20)23(32)31-22(14-37)25(34)30-21(26(35)36)11-16-7-3-2-4-8-16/h2-10,13,15,19,21-22,28,37H,11-12,14,27H2,1H3,(H,29,33)(H,30,34)(H,31,32)(H,35,36). The number of hydrogen-bond acceptors (Lipinski definition) is 6. The van der Waals surface area contributed by atoms with Gasteiger partial charge in [-0.25, -0.2) is 4.79 Å². The summed E-state index contributed by atoms with van der Waals surface area (Å²) in [6.45, 7) is 1.47. The van der Waals surface area contributed by atoms with Gasteiger partial charge in [0.25, 0.3) is 0 Å². The normalized spacial score (nSPS) is 14.2. The van der Waals surface area contributed by atoms with Crippen molar-refractivity contribution in [2.45, 2.75) is 43.9 Å². The molecular formula is C26H31N5O5S. The third-order valence-electron chi connectivity index (χ3n) is 5.92. The van der Waals surface area contributed by atoms with Crippen LogP contribution < -0.4 is 21.7 Å². The number of H-pyrrole nitrogens is 1. The van der Waals surface area contributed by atoms with Crippen molar-refractivity contribution in [3.8, 4) is 0 Å². The lowest BCUT2D eigenvalue weighted by atomic mass is 10.0. The lowest BCUT2D eigenvalue weighted by Gasteiger charge is -2.23. The number of carbonyl (C=O) groups is 4. The second kappa shape index (κ2) is 12.9. The smallest absolute Gasteiger partial charge is 0.326 e. The third-order valence-corrected chi connectivity index (χ3v) is 6.28. The van der Waals surface area contributed by atoms with E-state index < -0.39 is 47.9 Å². The van der Waals surface area contributed by atoms with E-state index in [2.05, 4.69) is 33.6 Å². The number of rotatable bonds is 12. The first-order valence-corrected chi connectivity index (χ1v) is 12.4. The molecule has 0 aliphatic heterocycles. The predicted octanol–water partition coefficient (Wildman–Crippen LogP) is 0.769. The Kier molecular flexibility index (Phi) is 9.70. The van der Waals surface area contributed by atoms with Gasteiger partial charge in [-0.1, -0.05) is 48.5 Å². The number of benzene rings is 2. The summed E-state index contributed by atoms with van der Waals surface area (Å²) in [6.07, 6.45) is 2.14. The Balaban J connectivity index is 1.53. The molecule has 1 heterocycles. The van der Waals surface area contributed by atoms with E-state index in [1.165, 1.54) is 6.92 Å². The van der Waals surface area contributed by atoms with Crippen molar-refractivity contribution < 1.29 is 24.3 Å².